The molecule has 5 heteroatoms. The Balaban J connectivity index is 2.34. The molecule has 1 amide bonds. The molecular formula is C10H13FN2O2. The van der Waals surface area contributed by atoms with Crippen molar-refractivity contribution in [1.29, 1.82) is 0 Å². The predicted octanol–water partition coefficient (Wildman–Crippen LogP) is 1.59. The highest BCUT2D eigenvalue weighted by molar-refractivity contribution is 5.90. The quantitative estimate of drug-likeness (QED) is 0.595. The van der Waals surface area contributed by atoms with Gasteiger partial charge in [-0.3, -0.25) is 4.79 Å². The third-order valence-electron chi connectivity index (χ3n) is 1.76. The van der Waals surface area contributed by atoms with Crippen molar-refractivity contribution in [2.24, 2.45) is 0 Å². The highest BCUT2D eigenvalue weighted by Gasteiger charge is 2.02. The maximum Gasteiger partial charge on any atom is 0.224 e. The Morgan fingerprint density at radius 3 is 3.00 bits per heavy atom. The monoisotopic (exact) mass is 212 g/mol. The summed E-state index contributed by atoms with van der Waals surface area (Å²) in [6, 6.07) is 2.67. The molecule has 1 aromatic heterocycles. The van der Waals surface area contributed by atoms with Crippen molar-refractivity contribution in [3.63, 3.8) is 0 Å². The molecule has 0 unspecified atom stereocenters. The summed E-state index contributed by atoms with van der Waals surface area (Å²) < 4.78 is 17.2. The van der Waals surface area contributed by atoms with E-state index in [2.05, 4.69) is 10.3 Å². The molecule has 0 aliphatic heterocycles. The van der Waals surface area contributed by atoms with Gasteiger partial charge in [0, 0.05) is 20.1 Å². The molecule has 82 valence electrons. The fourth-order valence-corrected chi connectivity index (χ4v) is 1.05. The topological polar surface area (TPSA) is 51.2 Å². The molecule has 0 aliphatic carbocycles. The lowest BCUT2D eigenvalue weighted by Gasteiger charge is -2.03. The highest BCUT2D eigenvalue weighted by atomic mass is 19.1. The Morgan fingerprint density at radius 2 is 2.40 bits per heavy atom. The Morgan fingerprint density at radius 1 is 1.60 bits per heavy atom. The maximum absolute atomic E-state index is 12.4. The number of amides is 1. The first-order chi connectivity index (χ1) is 7.22. The second kappa shape index (κ2) is 6.08. The van der Waals surface area contributed by atoms with E-state index < -0.39 is 5.95 Å². The molecule has 1 N–H and O–H groups in total. The molecule has 0 atom stereocenters. The normalized spacial score (nSPS) is 10.0. The zero-order valence-corrected chi connectivity index (χ0v) is 8.50. The van der Waals surface area contributed by atoms with E-state index in [1.165, 1.54) is 18.3 Å². The Bertz CT molecular complexity index is 314. The molecule has 4 nitrogen and oxygen atoms in total. The molecule has 0 aromatic carbocycles. The SMILES string of the molecule is COCCCC(=O)Nc1ccc(F)nc1. The number of hydrogen-bond acceptors (Lipinski definition) is 3. The second-order valence-corrected chi connectivity index (χ2v) is 3.01. The largest absolute Gasteiger partial charge is 0.385 e. The number of nitrogens with zero attached hydrogens (tertiary/aromatic N) is 1. The summed E-state index contributed by atoms with van der Waals surface area (Å²) in [4.78, 5) is 14.7. The van der Waals surface area contributed by atoms with Gasteiger partial charge in [-0.1, -0.05) is 0 Å². The van der Waals surface area contributed by atoms with Crippen LogP contribution in [0.15, 0.2) is 18.3 Å². The number of pyridine rings is 1. The van der Waals surface area contributed by atoms with Crippen LogP contribution >= 0.6 is 0 Å². The number of hydrogen-bond donors (Lipinski definition) is 1. The van der Waals surface area contributed by atoms with Crippen LogP contribution in [0.4, 0.5) is 10.1 Å². The lowest BCUT2D eigenvalue weighted by atomic mass is 10.3. The highest BCUT2D eigenvalue weighted by Crippen LogP contribution is 2.06. The van der Waals surface area contributed by atoms with Crippen molar-refractivity contribution < 1.29 is 13.9 Å². The van der Waals surface area contributed by atoms with E-state index in [9.17, 15) is 9.18 Å². The number of methoxy groups -OCH3 is 1. The van der Waals surface area contributed by atoms with Crippen molar-refractivity contribution >= 4 is 11.6 Å². The average molecular weight is 212 g/mol. The molecule has 0 saturated heterocycles. The number of aromatic nitrogens is 1. The van der Waals surface area contributed by atoms with E-state index in [4.69, 9.17) is 4.74 Å². The van der Waals surface area contributed by atoms with Crippen LogP contribution < -0.4 is 5.32 Å². The summed E-state index contributed by atoms with van der Waals surface area (Å²) in [6.07, 6.45) is 2.33. The van der Waals surface area contributed by atoms with E-state index in [-0.39, 0.29) is 5.91 Å². The van der Waals surface area contributed by atoms with Gasteiger partial charge in [0.25, 0.3) is 0 Å². The van der Waals surface area contributed by atoms with Crippen LogP contribution in [0, 0.1) is 5.95 Å². The van der Waals surface area contributed by atoms with Gasteiger partial charge in [0.15, 0.2) is 0 Å². The van der Waals surface area contributed by atoms with Gasteiger partial charge < -0.3 is 10.1 Å². The average Bonchev–Trinajstić information content (AvgIpc) is 2.22. The first-order valence-corrected chi connectivity index (χ1v) is 4.62. The third kappa shape index (κ3) is 4.51. The fraction of sp³-hybridized carbons (Fsp3) is 0.400. The Labute approximate surface area is 87.5 Å². The first-order valence-electron chi connectivity index (χ1n) is 4.62. The lowest BCUT2D eigenvalue weighted by Crippen LogP contribution is -2.12. The van der Waals surface area contributed by atoms with E-state index in [0.29, 0.717) is 25.1 Å². The second-order valence-electron chi connectivity index (χ2n) is 3.01. The van der Waals surface area contributed by atoms with E-state index in [1.54, 1.807) is 7.11 Å². The van der Waals surface area contributed by atoms with Crippen LogP contribution in [0.1, 0.15) is 12.8 Å². The third-order valence-corrected chi connectivity index (χ3v) is 1.76. The number of rotatable bonds is 5. The molecule has 0 aliphatic rings. The van der Waals surface area contributed by atoms with Gasteiger partial charge in [-0.15, -0.1) is 0 Å². The van der Waals surface area contributed by atoms with E-state index in [0.717, 1.165) is 0 Å². The van der Waals surface area contributed by atoms with Gasteiger partial charge in [0.05, 0.1) is 11.9 Å². The van der Waals surface area contributed by atoms with Gasteiger partial charge in [-0.2, -0.15) is 4.39 Å². The first kappa shape index (κ1) is 11.6. The summed E-state index contributed by atoms with van der Waals surface area (Å²) in [6.45, 7) is 0.551. The minimum atomic E-state index is -0.563. The Hall–Kier alpha value is -1.49. The summed E-state index contributed by atoms with van der Waals surface area (Å²) in [7, 11) is 1.59. The molecule has 0 saturated carbocycles. The molecule has 0 radical (unpaired) electrons. The molecule has 0 spiro atoms. The number of carbonyl (C=O) groups excluding carboxylic acids is 1. The molecule has 1 aromatic rings. The molecule has 1 heterocycles. The minimum absolute atomic E-state index is 0.125. The van der Waals surface area contributed by atoms with Crippen molar-refractivity contribution in [2.75, 3.05) is 19.0 Å². The molecular weight excluding hydrogens is 199 g/mol. The summed E-state index contributed by atoms with van der Waals surface area (Å²) in [5.41, 5.74) is 0.499. The summed E-state index contributed by atoms with van der Waals surface area (Å²) in [5, 5.41) is 2.60. The molecule has 0 bridgehead atoms. The van der Waals surface area contributed by atoms with Crippen LogP contribution in [-0.4, -0.2) is 24.6 Å². The van der Waals surface area contributed by atoms with Crippen LogP contribution in [0.25, 0.3) is 0 Å². The number of carbonyl (C=O) groups is 1. The van der Waals surface area contributed by atoms with Crippen molar-refractivity contribution in [3.8, 4) is 0 Å². The van der Waals surface area contributed by atoms with Gasteiger partial charge in [-0.05, 0) is 18.6 Å². The number of nitrogens with one attached hydrogen (secondary N) is 1. The zero-order valence-electron chi connectivity index (χ0n) is 8.50. The zero-order chi connectivity index (χ0) is 11.1. The standard InChI is InChI=1S/C10H13FN2O2/c1-15-6-2-3-10(14)13-8-4-5-9(11)12-7-8/h4-5,7H,2-3,6H2,1H3,(H,13,14). The van der Waals surface area contributed by atoms with E-state index in [1.807, 2.05) is 0 Å². The van der Waals surface area contributed by atoms with Gasteiger partial charge in [0.2, 0.25) is 11.9 Å². The van der Waals surface area contributed by atoms with Gasteiger partial charge in [-0.25, -0.2) is 4.98 Å². The number of anilines is 1. The van der Waals surface area contributed by atoms with Crippen molar-refractivity contribution in [2.45, 2.75) is 12.8 Å². The smallest absolute Gasteiger partial charge is 0.224 e. The fourth-order valence-electron chi connectivity index (χ4n) is 1.05. The Kier molecular flexibility index (Phi) is 4.70. The minimum Gasteiger partial charge on any atom is -0.385 e. The summed E-state index contributed by atoms with van der Waals surface area (Å²) >= 11 is 0. The van der Waals surface area contributed by atoms with Gasteiger partial charge in [0.1, 0.15) is 0 Å². The van der Waals surface area contributed by atoms with Crippen molar-refractivity contribution in [1.82, 2.24) is 4.98 Å². The lowest BCUT2D eigenvalue weighted by molar-refractivity contribution is -0.116. The maximum atomic E-state index is 12.4. The number of halogens is 1. The molecule has 1 rings (SSSR count). The van der Waals surface area contributed by atoms with Crippen LogP contribution in [0.3, 0.4) is 0 Å². The predicted molar refractivity (Wildman–Crippen MR) is 53.9 cm³/mol. The van der Waals surface area contributed by atoms with Gasteiger partial charge >= 0.3 is 0 Å². The van der Waals surface area contributed by atoms with Crippen molar-refractivity contribution in [3.05, 3.63) is 24.3 Å². The number of ether oxygens (including phenoxy) is 1. The molecule has 0 fully saturated rings. The van der Waals surface area contributed by atoms with E-state index >= 15 is 0 Å². The van der Waals surface area contributed by atoms with Crippen LogP contribution in [-0.2, 0) is 9.53 Å². The van der Waals surface area contributed by atoms with Crippen LogP contribution in [0.2, 0.25) is 0 Å². The summed E-state index contributed by atoms with van der Waals surface area (Å²) in [5.74, 6) is -0.687. The van der Waals surface area contributed by atoms with Crippen LogP contribution in [0.5, 0.6) is 0 Å². The molecule has 15 heavy (non-hydrogen) atoms.